The Morgan fingerprint density at radius 2 is 1.38 bits per heavy atom. The second-order valence-electron chi connectivity index (χ2n) is 6.00. The standard InChI is InChI=1S/C5H5F2Ge.3C4H9O.Zr/c6-8(7)5-3-1-2-4-5;3*1-2-3-4-5;/h1,3,8H,2H2;3*2-4H2,1H3;/q;3*-1;+3. The van der Waals surface area contributed by atoms with Crippen molar-refractivity contribution in [2.75, 3.05) is 19.8 Å². The number of allylic oxidation sites excluding steroid dienone is 4. The summed E-state index contributed by atoms with van der Waals surface area (Å²) in [7, 11) is 0. The molecule has 7 heteroatoms. The molecule has 24 heavy (non-hydrogen) atoms. The van der Waals surface area contributed by atoms with E-state index in [1.807, 2.05) is 6.08 Å². The molecule has 140 valence electrons. The fourth-order valence-electron chi connectivity index (χ4n) is 2.47. The van der Waals surface area contributed by atoms with Crippen LogP contribution >= 0.6 is 0 Å². The number of hydrogen-bond donors (Lipinski definition) is 0. The van der Waals surface area contributed by atoms with E-state index >= 15 is 0 Å². The molecule has 0 saturated carbocycles. The van der Waals surface area contributed by atoms with Crippen LogP contribution in [0.3, 0.4) is 0 Å². The van der Waals surface area contributed by atoms with Gasteiger partial charge in [-0.1, -0.05) is 0 Å². The fourth-order valence-corrected chi connectivity index (χ4v) is 14.4. The van der Waals surface area contributed by atoms with Crippen LogP contribution in [0.15, 0.2) is 19.8 Å². The minimum absolute atomic E-state index is 0.253. The summed E-state index contributed by atoms with van der Waals surface area (Å²) in [6, 6.07) is 0. The summed E-state index contributed by atoms with van der Waals surface area (Å²) in [4.78, 5) is 0. The molecular formula is C17H32F2GeO3Zr. The molecule has 0 N–H and O–H groups in total. The number of hydrogen-bond acceptors (Lipinski definition) is 3. The topological polar surface area (TPSA) is 27.7 Å². The van der Waals surface area contributed by atoms with Crippen LogP contribution in [0.5, 0.6) is 0 Å². The maximum atomic E-state index is 13.6. The van der Waals surface area contributed by atoms with Crippen LogP contribution < -0.4 is 0 Å². The minimum atomic E-state index is -4.39. The van der Waals surface area contributed by atoms with Gasteiger partial charge in [-0.3, -0.25) is 0 Å². The average Bonchev–Trinajstić information content (AvgIpc) is 3.05. The molecule has 0 fully saturated rings. The first-order chi connectivity index (χ1) is 11.6. The Balaban J connectivity index is 3.04. The Morgan fingerprint density at radius 3 is 1.75 bits per heavy atom. The van der Waals surface area contributed by atoms with Gasteiger partial charge >= 0.3 is 158 Å². The van der Waals surface area contributed by atoms with Gasteiger partial charge in [-0.05, 0) is 0 Å². The molecule has 0 aromatic carbocycles. The van der Waals surface area contributed by atoms with E-state index in [0.717, 1.165) is 38.5 Å². The van der Waals surface area contributed by atoms with Crippen LogP contribution in [0.1, 0.15) is 65.7 Å². The monoisotopic (exact) mass is 486 g/mol. The third kappa shape index (κ3) is 7.10. The fraction of sp³-hybridized carbons (Fsp3) is 0.765. The van der Waals surface area contributed by atoms with Crippen LogP contribution in [-0.4, -0.2) is 35.1 Å². The van der Waals surface area contributed by atoms with Crippen LogP contribution in [0.4, 0.5) is 7.00 Å². The third-order valence-corrected chi connectivity index (χ3v) is 14.9. The zero-order valence-electron chi connectivity index (χ0n) is 15.3. The van der Waals surface area contributed by atoms with Crippen LogP contribution in [0.25, 0.3) is 0 Å². The molecule has 3 nitrogen and oxygen atoms in total. The molecule has 0 atom stereocenters. The SMILES string of the molecule is CCCC[O][Zr]([O]CCCC)([O]CCCC)[C]1=[C]([GeH]([F])[F])C=CC1. The first-order valence-corrected chi connectivity index (χ1v) is 16.5. The summed E-state index contributed by atoms with van der Waals surface area (Å²) in [6.45, 7) is 7.89. The van der Waals surface area contributed by atoms with Gasteiger partial charge in [0.25, 0.3) is 0 Å². The Hall–Kier alpha value is 0.646. The van der Waals surface area contributed by atoms with Crippen molar-refractivity contribution in [2.24, 2.45) is 0 Å². The van der Waals surface area contributed by atoms with Crippen LogP contribution in [-0.2, 0) is 30.0 Å². The van der Waals surface area contributed by atoms with E-state index in [1.165, 1.54) is 0 Å². The number of halogens is 2. The predicted octanol–water partition coefficient (Wildman–Crippen LogP) is 5.25. The summed E-state index contributed by atoms with van der Waals surface area (Å²) in [5, 5.41) is 0. The summed E-state index contributed by atoms with van der Waals surface area (Å²) >= 11 is -8.52. The summed E-state index contributed by atoms with van der Waals surface area (Å²) in [5.41, 5.74) is 0. The molecule has 0 aromatic heterocycles. The van der Waals surface area contributed by atoms with Gasteiger partial charge in [-0.15, -0.1) is 0 Å². The molecule has 0 unspecified atom stereocenters. The molecule has 1 aliphatic carbocycles. The first kappa shape index (κ1) is 22.7. The molecule has 0 heterocycles. The van der Waals surface area contributed by atoms with E-state index < -0.39 is 36.9 Å². The molecule has 0 spiro atoms. The molecule has 1 aliphatic rings. The van der Waals surface area contributed by atoms with Crippen molar-refractivity contribution in [3.63, 3.8) is 0 Å². The van der Waals surface area contributed by atoms with Gasteiger partial charge in [-0.25, -0.2) is 0 Å². The Bertz CT molecular complexity index is 390. The second-order valence-corrected chi connectivity index (χ2v) is 14.9. The van der Waals surface area contributed by atoms with E-state index in [0.29, 0.717) is 29.5 Å². The van der Waals surface area contributed by atoms with Gasteiger partial charge in [0.15, 0.2) is 0 Å². The Labute approximate surface area is 157 Å². The normalized spacial score (nSPS) is 15.1. The number of unbranched alkanes of at least 4 members (excludes halogenated alkanes) is 3. The van der Waals surface area contributed by atoms with E-state index in [4.69, 9.17) is 8.44 Å². The molecule has 0 saturated heterocycles. The molecule has 0 bridgehead atoms. The van der Waals surface area contributed by atoms with Crippen molar-refractivity contribution in [3.05, 3.63) is 19.8 Å². The maximum absolute atomic E-state index is 13.6. The van der Waals surface area contributed by atoms with Crippen molar-refractivity contribution in [2.45, 2.75) is 65.7 Å². The number of rotatable bonds is 14. The zero-order valence-corrected chi connectivity index (χ0v) is 20.2. The molecular weight excluding hydrogens is 454 g/mol. The zero-order chi connectivity index (χ0) is 17.8. The van der Waals surface area contributed by atoms with Crippen molar-refractivity contribution in [1.82, 2.24) is 0 Å². The molecule has 1 rings (SSSR count). The summed E-state index contributed by atoms with van der Waals surface area (Å²) in [5.74, 6) is 0. The second kappa shape index (κ2) is 12.9. The first-order valence-electron chi connectivity index (χ1n) is 9.21. The van der Waals surface area contributed by atoms with Crippen molar-refractivity contribution < 1.29 is 37.0 Å². The molecule has 0 amide bonds. The average molecular weight is 486 g/mol. The van der Waals surface area contributed by atoms with E-state index in [-0.39, 0.29) is 4.41 Å². The predicted molar refractivity (Wildman–Crippen MR) is 92.7 cm³/mol. The van der Waals surface area contributed by atoms with Crippen LogP contribution in [0.2, 0.25) is 0 Å². The van der Waals surface area contributed by atoms with E-state index in [1.54, 1.807) is 6.08 Å². The Morgan fingerprint density at radius 1 is 0.917 bits per heavy atom. The van der Waals surface area contributed by atoms with Crippen LogP contribution in [0, 0.1) is 0 Å². The van der Waals surface area contributed by atoms with E-state index in [9.17, 15) is 7.00 Å². The van der Waals surface area contributed by atoms with Gasteiger partial charge in [0.05, 0.1) is 0 Å². The molecule has 0 radical (unpaired) electrons. The van der Waals surface area contributed by atoms with Crippen molar-refractivity contribution in [1.29, 1.82) is 0 Å². The molecule has 0 aliphatic heterocycles. The van der Waals surface area contributed by atoms with Gasteiger partial charge in [-0.2, -0.15) is 0 Å². The van der Waals surface area contributed by atoms with E-state index in [2.05, 4.69) is 20.8 Å². The Kier molecular flexibility index (Phi) is 12.2. The van der Waals surface area contributed by atoms with Gasteiger partial charge in [0, 0.05) is 0 Å². The van der Waals surface area contributed by atoms with Gasteiger partial charge < -0.3 is 0 Å². The summed E-state index contributed by atoms with van der Waals surface area (Å²) in [6.07, 6.45) is 9.65. The quantitative estimate of drug-likeness (QED) is 0.248. The van der Waals surface area contributed by atoms with Crippen molar-refractivity contribution in [3.8, 4) is 0 Å². The van der Waals surface area contributed by atoms with Gasteiger partial charge in [0.2, 0.25) is 0 Å². The molecule has 0 aromatic rings. The van der Waals surface area contributed by atoms with Crippen molar-refractivity contribution >= 4 is 15.3 Å². The summed E-state index contributed by atoms with van der Waals surface area (Å²) < 4.78 is 46.8. The third-order valence-electron chi connectivity index (χ3n) is 3.94. The van der Waals surface area contributed by atoms with Gasteiger partial charge in [0.1, 0.15) is 0 Å².